The van der Waals surface area contributed by atoms with E-state index in [0.717, 1.165) is 0 Å². The van der Waals surface area contributed by atoms with Gasteiger partial charge in [-0.15, -0.1) is 6.58 Å². The highest BCUT2D eigenvalue weighted by molar-refractivity contribution is 6.07. The molecule has 2 aromatic rings. The number of nitrogens with zero attached hydrogens (tertiary/aromatic N) is 1. The Balaban J connectivity index is 1.90. The Kier molecular flexibility index (Phi) is 4.93. The van der Waals surface area contributed by atoms with Crippen LogP contribution < -0.4 is 19.7 Å². The van der Waals surface area contributed by atoms with Crippen LogP contribution >= 0.6 is 0 Å². The summed E-state index contributed by atoms with van der Waals surface area (Å²) in [5.41, 5.74) is 1.59. The predicted molar refractivity (Wildman–Crippen MR) is 100 cm³/mol. The fourth-order valence-corrected chi connectivity index (χ4v) is 2.83. The highest BCUT2D eigenvalue weighted by Crippen LogP contribution is 2.36. The van der Waals surface area contributed by atoms with Crippen molar-refractivity contribution in [2.24, 2.45) is 0 Å². The van der Waals surface area contributed by atoms with E-state index in [1.807, 2.05) is 0 Å². The average Bonchev–Trinajstić information content (AvgIpc) is 2.65. The summed E-state index contributed by atoms with van der Waals surface area (Å²) in [5, 5.41) is 2.83. The second-order valence-corrected chi connectivity index (χ2v) is 5.83. The molecule has 0 spiro atoms. The van der Waals surface area contributed by atoms with Gasteiger partial charge in [-0.25, -0.2) is 0 Å². The van der Waals surface area contributed by atoms with Gasteiger partial charge in [0.15, 0.2) is 6.10 Å². The number of amides is 2. The van der Waals surface area contributed by atoms with Gasteiger partial charge in [-0.05, 0) is 37.3 Å². The molecule has 0 aliphatic carbocycles. The van der Waals surface area contributed by atoms with Crippen molar-refractivity contribution in [1.29, 1.82) is 0 Å². The zero-order valence-electron chi connectivity index (χ0n) is 14.7. The molecular weight excluding hydrogens is 332 g/mol. The van der Waals surface area contributed by atoms with E-state index in [9.17, 15) is 9.59 Å². The molecule has 0 saturated heterocycles. The number of hydrogen-bond acceptors (Lipinski definition) is 4. The molecule has 134 valence electrons. The molecule has 0 aromatic heterocycles. The SMILES string of the molecule is C=CCN1C(=O)C(C)Oc2ccc(NC(=O)c3ccccc3OC)cc21. The summed E-state index contributed by atoms with van der Waals surface area (Å²) >= 11 is 0. The fraction of sp³-hybridized carbons (Fsp3) is 0.200. The van der Waals surface area contributed by atoms with Crippen molar-refractivity contribution in [3.05, 3.63) is 60.7 Å². The van der Waals surface area contributed by atoms with E-state index in [2.05, 4.69) is 11.9 Å². The third-order valence-corrected chi connectivity index (χ3v) is 4.09. The maximum Gasteiger partial charge on any atom is 0.268 e. The van der Waals surface area contributed by atoms with Crippen molar-refractivity contribution in [3.8, 4) is 11.5 Å². The van der Waals surface area contributed by atoms with E-state index < -0.39 is 6.10 Å². The van der Waals surface area contributed by atoms with Gasteiger partial charge in [0.05, 0.1) is 18.4 Å². The van der Waals surface area contributed by atoms with Crippen LogP contribution in [0.3, 0.4) is 0 Å². The maximum atomic E-state index is 12.6. The number of nitrogens with one attached hydrogen (secondary N) is 1. The van der Waals surface area contributed by atoms with Gasteiger partial charge in [-0.3, -0.25) is 9.59 Å². The Bertz CT molecular complexity index is 863. The molecule has 6 heteroatoms. The number of fused-ring (bicyclic) bond motifs is 1. The van der Waals surface area contributed by atoms with E-state index >= 15 is 0 Å². The van der Waals surface area contributed by atoms with Crippen molar-refractivity contribution in [2.45, 2.75) is 13.0 Å². The molecule has 1 N–H and O–H groups in total. The highest BCUT2D eigenvalue weighted by Gasteiger charge is 2.31. The largest absolute Gasteiger partial charge is 0.496 e. The standard InChI is InChI=1S/C20H20N2O4/c1-4-11-22-16-12-14(9-10-18(16)26-13(2)20(22)24)21-19(23)15-7-5-6-8-17(15)25-3/h4-10,12-13H,1,11H2,2-3H3,(H,21,23). The van der Waals surface area contributed by atoms with Gasteiger partial charge < -0.3 is 19.7 Å². The monoisotopic (exact) mass is 352 g/mol. The van der Waals surface area contributed by atoms with Crippen LogP contribution in [0.25, 0.3) is 0 Å². The van der Waals surface area contributed by atoms with E-state index in [-0.39, 0.29) is 11.8 Å². The first-order valence-corrected chi connectivity index (χ1v) is 8.22. The minimum atomic E-state index is -0.559. The van der Waals surface area contributed by atoms with Crippen LogP contribution in [0.1, 0.15) is 17.3 Å². The number of ether oxygens (including phenoxy) is 2. The number of methoxy groups -OCH3 is 1. The van der Waals surface area contributed by atoms with Gasteiger partial charge in [0, 0.05) is 12.2 Å². The minimum Gasteiger partial charge on any atom is -0.496 e. The molecule has 2 aromatic carbocycles. The van der Waals surface area contributed by atoms with Gasteiger partial charge >= 0.3 is 0 Å². The van der Waals surface area contributed by atoms with Crippen LogP contribution in [-0.2, 0) is 4.79 Å². The molecule has 0 saturated carbocycles. The molecule has 0 radical (unpaired) electrons. The summed E-state index contributed by atoms with van der Waals surface area (Å²) in [6, 6.07) is 12.2. The fourth-order valence-electron chi connectivity index (χ4n) is 2.83. The van der Waals surface area contributed by atoms with Crippen LogP contribution in [0.2, 0.25) is 0 Å². The summed E-state index contributed by atoms with van der Waals surface area (Å²) in [7, 11) is 1.52. The summed E-state index contributed by atoms with van der Waals surface area (Å²) in [6.07, 6.45) is 1.09. The molecule has 0 bridgehead atoms. The predicted octanol–water partition coefficient (Wildman–Crippen LogP) is 3.25. The van der Waals surface area contributed by atoms with Gasteiger partial charge in [0.2, 0.25) is 0 Å². The highest BCUT2D eigenvalue weighted by atomic mass is 16.5. The van der Waals surface area contributed by atoms with Gasteiger partial charge in [0.25, 0.3) is 11.8 Å². The molecule has 1 heterocycles. The number of hydrogen-bond donors (Lipinski definition) is 1. The van der Waals surface area contributed by atoms with Crippen molar-refractivity contribution in [3.63, 3.8) is 0 Å². The molecule has 1 unspecified atom stereocenters. The summed E-state index contributed by atoms with van der Waals surface area (Å²) in [6.45, 7) is 5.77. The topological polar surface area (TPSA) is 67.9 Å². The lowest BCUT2D eigenvalue weighted by atomic mass is 10.1. The molecule has 0 fully saturated rings. The molecular formula is C20H20N2O4. The second kappa shape index (κ2) is 7.31. The lowest BCUT2D eigenvalue weighted by Gasteiger charge is -2.32. The number of rotatable bonds is 5. The van der Waals surface area contributed by atoms with Crippen LogP contribution in [0.4, 0.5) is 11.4 Å². The maximum absolute atomic E-state index is 12.6. The minimum absolute atomic E-state index is 0.148. The first kappa shape index (κ1) is 17.5. The quantitative estimate of drug-likeness (QED) is 0.839. The Morgan fingerprint density at radius 3 is 2.85 bits per heavy atom. The first-order chi connectivity index (χ1) is 12.5. The third-order valence-electron chi connectivity index (χ3n) is 4.09. The molecule has 26 heavy (non-hydrogen) atoms. The van der Waals surface area contributed by atoms with E-state index in [0.29, 0.717) is 35.0 Å². The van der Waals surface area contributed by atoms with Gasteiger partial charge in [-0.1, -0.05) is 18.2 Å². The Morgan fingerprint density at radius 2 is 2.12 bits per heavy atom. The number of para-hydroxylation sites is 1. The molecule has 1 atom stereocenters. The van der Waals surface area contributed by atoms with Crippen LogP contribution in [0.15, 0.2) is 55.1 Å². The molecule has 2 amide bonds. The van der Waals surface area contributed by atoms with Gasteiger partial charge in [0.1, 0.15) is 11.5 Å². The van der Waals surface area contributed by atoms with Crippen molar-refractivity contribution < 1.29 is 19.1 Å². The van der Waals surface area contributed by atoms with Gasteiger partial charge in [-0.2, -0.15) is 0 Å². The smallest absolute Gasteiger partial charge is 0.268 e. The number of benzene rings is 2. The Hall–Kier alpha value is -3.28. The van der Waals surface area contributed by atoms with Crippen molar-refractivity contribution in [1.82, 2.24) is 0 Å². The van der Waals surface area contributed by atoms with E-state index in [1.54, 1.807) is 60.4 Å². The lowest BCUT2D eigenvalue weighted by Crippen LogP contribution is -2.44. The number of carbonyl (C=O) groups is 2. The zero-order valence-corrected chi connectivity index (χ0v) is 14.7. The summed E-state index contributed by atoms with van der Waals surface area (Å²) in [4.78, 5) is 26.5. The van der Waals surface area contributed by atoms with Crippen LogP contribution in [0.5, 0.6) is 11.5 Å². The Morgan fingerprint density at radius 1 is 1.35 bits per heavy atom. The number of anilines is 2. The van der Waals surface area contributed by atoms with Crippen LogP contribution in [0, 0.1) is 0 Å². The first-order valence-electron chi connectivity index (χ1n) is 8.22. The normalized spacial score (nSPS) is 15.7. The van der Waals surface area contributed by atoms with E-state index in [1.165, 1.54) is 7.11 Å². The van der Waals surface area contributed by atoms with E-state index in [4.69, 9.17) is 9.47 Å². The average molecular weight is 352 g/mol. The second-order valence-electron chi connectivity index (χ2n) is 5.83. The zero-order chi connectivity index (χ0) is 18.7. The lowest BCUT2D eigenvalue weighted by molar-refractivity contribution is -0.125. The number of carbonyl (C=O) groups excluding carboxylic acids is 2. The summed E-state index contributed by atoms with van der Waals surface area (Å²) < 4.78 is 10.9. The third kappa shape index (κ3) is 3.26. The Labute approximate surface area is 152 Å². The molecule has 1 aliphatic heterocycles. The molecule has 3 rings (SSSR count). The van der Waals surface area contributed by atoms with Crippen LogP contribution in [-0.4, -0.2) is 31.6 Å². The van der Waals surface area contributed by atoms with Crippen molar-refractivity contribution >= 4 is 23.2 Å². The molecule has 6 nitrogen and oxygen atoms in total. The summed E-state index contributed by atoms with van der Waals surface area (Å²) in [5.74, 6) is 0.637. The molecule has 1 aliphatic rings. The van der Waals surface area contributed by atoms with Crippen molar-refractivity contribution in [2.75, 3.05) is 23.9 Å².